The number of hydrogen-bond acceptors (Lipinski definition) is 4. The quantitative estimate of drug-likeness (QED) is 0.609. The van der Waals surface area contributed by atoms with E-state index in [4.69, 9.17) is 11.6 Å². The summed E-state index contributed by atoms with van der Waals surface area (Å²) in [4.78, 5) is 17.9. The Bertz CT molecular complexity index is 1210. The van der Waals surface area contributed by atoms with Gasteiger partial charge >= 0.3 is 0 Å². The molecule has 0 radical (unpaired) electrons. The van der Waals surface area contributed by atoms with E-state index in [9.17, 15) is 9.90 Å². The lowest BCUT2D eigenvalue weighted by molar-refractivity contribution is -0.119. The molecule has 33 heavy (non-hydrogen) atoms. The van der Waals surface area contributed by atoms with Gasteiger partial charge in [0.15, 0.2) is 0 Å². The number of nitrogens with one attached hydrogen (secondary N) is 1. The van der Waals surface area contributed by atoms with Crippen LogP contribution in [-0.2, 0) is 10.2 Å². The van der Waals surface area contributed by atoms with Gasteiger partial charge in [0.25, 0.3) is 0 Å². The van der Waals surface area contributed by atoms with Gasteiger partial charge in [-0.3, -0.25) is 14.6 Å². The molecule has 2 fully saturated rings. The lowest BCUT2D eigenvalue weighted by atomic mass is 9.92. The summed E-state index contributed by atoms with van der Waals surface area (Å²) in [5.41, 5.74) is 4.25. The van der Waals surface area contributed by atoms with Crippen LogP contribution < -0.4 is 10.2 Å². The minimum absolute atomic E-state index is 0.109. The standard InChI is InChI=1S/C27H26ClN3O2/c28-20-10-8-18(9-11-20)23-17-27(23)22-6-1-2-7-24(22)31(26(27)33)21-5-3-4-19(16-21)25(32)30-14-12-29-13-15-30/h1-11,16,23,25,29,32H,12-15,17H2. The van der Waals surface area contributed by atoms with Crippen molar-refractivity contribution in [3.8, 4) is 0 Å². The van der Waals surface area contributed by atoms with Gasteiger partial charge in [-0.1, -0.05) is 54.1 Å². The maximum absolute atomic E-state index is 14.0. The molecule has 1 aliphatic carbocycles. The van der Waals surface area contributed by atoms with E-state index >= 15 is 0 Å². The van der Waals surface area contributed by atoms with Crippen LogP contribution in [0.1, 0.15) is 35.3 Å². The van der Waals surface area contributed by atoms with E-state index in [-0.39, 0.29) is 11.8 Å². The topological polar surface area (TPSA) is 55.8 Å². The van der Waals surface area contributed by atoms with Crippen LogP contribution in [0.2, 0.25) is 5.02 Å². The molecule has 0 aromatic heterocycles. The highest BCUT2D eigenvalue weighted by Crippen LogP contribution is 2.67. The lowest BCUT2D eigenvalue weighted by Crippen LogP contribution is -2.45. The van der Waals surface area contributed by atoms with Crippen LogP contribution in [0.4, 0.5) is 11.4 Å². The average Bonchev–Trinajstić information content (AvgIpc) is 3.56. The highest BCUT2D eigenvalue weighted by Gasteiger charge is 2.67. The number of halogens is 1. The van der Waals surface area contributed by atoms with Crippen molar-refractivity contribution >= 4 is 28.9 Å². The zero-order chi connectivity index (χ0) is 22.6. The summed E-state index contributed by atoms with van der Waals surface area (Å²) in [5.74, 6) is 0.250. The normalized spacial score (nSPS) is 25.3. The van der Waals surface area contributed by atoms with E-state index in [2.05, 4.69) is 16.3 Å². The monoisotopic (exact) mass is 459 g/mol. The molecule has 1 saturated carbocycles. The third kappa shape index (κ3) is 3.30. The molecule has 168 valence electrons. The summed E-state index contributed by atoms with van der Waals surface area (Å²) < 4.78 is 0. The summed E-state index contributed by atoms with van der Waals surface area (Å²) in [7, 11) is 0. The summed E-state index contributed by atoms with van der Waals surface area (Å²) >= 11 is 6.09. The summed E-state index contributed by atoms with van der Waals surface area (Å²) in [5, 5.41) is 15.0. The first kappa shape index (κ1) is 20.9. The average molecular weight is 460 g/mol. The van der Waals surface area contributed by atoms with Crippen LogP contribution in [0.15, 0.2) is 72.8 Å². The molecule has 3 unspecified atom stereocenters. The van der Waals surface area contributed by atoms with Crippen molar-refractivity contribution in [2.24, 2.45) is 0 Å². The van der Waals surface area contributed by atoms with Crippen LogP contribution in [0.25, 0.3) is 0 Å². The fourth-order valence-electron chi connectivity index (χ4n) is 5.58. The Balaban J connectivity index is 1.36. The molecule has 2 heterocycles. The van der Waals surface area contributed by atoms with Crippen molar-refractivity contribution in [2.45, 2.75) is 24.0 Å². The third-order valence-electron chi connectivity index (χ3n) is 7.37. The van der Waals surface area contributed by atoms with E-state index in [1.807, 2.05) is 71.6 Å². The first-order chi connectivity index (χ1) is 16.1. The minimum Gasteiger partial charge on any atom is -0.374 e. The largest absolute Gasteiger partial charge is 0.374 e. The molecule has 0 bridgehead atoms. The molecular weight excluding hydrogens is 434 g/mol. The van der Waals surface area contributed by atoms with Crippen molar-refractivity contribution in [3.63, 3.8) is 0 Å². The molecule has 3 atom stereocenters. The number of carbonyl (C=O) groups is 1. The van der Waals surface area contributed by atoms with Crippen molar-refractivity contribution in [1.29, 1.82) is 0 Å². The summed E-state index contributed by atoms with van der Waals surface area (Å²) in [6.45, 7) is 3.32. The first-order valence-electron chi connectivity index (χ1n) is 11.5. The van der Waals surface area contributed by atoms with Crippen LogP contribution in [0.3, 0.4) is 0 Å². The molecule has 3 aliphatic rings. The molecule has 1 amide bonds. The second-order valence-electron chi connectivity index (χ2n) is 9.19. The number of aliphatic hydroxyl groups is 1. The van der Waals surface area contributed by atoms with E-state index in [1.54, 1.807) is 0 Å². The second kappa shape index (κ2) is 7.96. The smallest absolute Gasteiger partial charge is 0.242 e. The van der Waals surface area contributed by atoms with Crippen molar-refractivity contribution in [1.82, 2.24) is 10.2 Å². The molecule has 2 aliphatic heterocycles. The van der Waals surface area contributed by atoms with Crippen molar-refractivity contribution in [3.05, 3.63) is 94.5 Å². The maximum Gasteiger partial charge on any atom is 0.242 e. The van der Waals surface area contributed by atoms with Gasteiger partial charge < -0.3 is 10.4 Å². The fourth-order valence-corrected chi connectivity index (χ4v) is 5.71. The van der Waals surface area contributed by atoms with Gasteiger partial charge in [0, 0.05) is 42.8 Å². The number of piperazine rings is 1. The Labute approximate surface area is 198 Å². The van der Waals surface area contributed by atoms with Gasteiger partial charge in [-0.2, -0.15) is 0 Å². The molecule has 2 N–H and O–H groups in total. The number of fused-ring (bicyclic) bond motifs is 2. The Morgan fingerprint density at radius 3 is 2.55 bits per heavy atom. The van der Waals surface area contributed by atoms with Gasteiger partial charge in [-0.05, 0) is 53.4 Å². The number of nitrogens with zero attached hydrogens (tertiary/aromatic N) is 2. The summed E-state index contributed by atoms with van der Waals surface area (Å²) in [6.07, 6.45) is 0.112. The van der Waals surface area contributed by atoms with Gasteiger partial charge in [-0.15, -0.1) is 0 Å². The van der Waals surface area contributed by atoms with Gasteiger partial charge in [0.2, 0.25) is 5.91 Å². The Kier molecular flexibility index (Phi) is 5.03. The van der Waals surface area contributed by atoms with E-state index in [1.165, 1.54) is 0 Å². The lowest BCUT2D eigenvalue weighted by Gasteiger charge is -2.32. The number of carbonyl (C=O) groups excluding carboxylic acids is 1. The highest BCUT2D eigenvalue weighted by atomic mass is 35.5. The molecule has 6 heteroatoms. The Morgan fingerprint density at radius 1 is 1.00 bits per heavy atom. The number of hydrogen-bond donors (Lipinski definition) is 2. The number of benzene rings is 3. The first-order valence-corrected chi connectivity index (χ1v) is 11.9. The number of anilines is 2. The number of amides is 1. The Hall–Kier alpha value is -2.70. The predicted octanol–water partition coefficient (Wildman–Crippen LogP) is 4.34. The van der Waals surface area contributed by atoms with Gasteiger partial charge in [0.1, 0.15) is 6.23 Å². The highest BCUT2D eigenvalue weighted by molar-refractivity contribution is 6.30. The molecule has 1 spiro atoms. The zero-order valence-corrected chi connectivity index (χ0v) is 19.0. The number of rotatable bonds is 4. The van der Waals surface area contributed by atoms with E-state index < -0.39 is 11.6 Å². The van der Waals surface area contributed by atoms with E-state index in [0.29, 0.717) is 5.02 Å². The van der Waals surface area contributed by atoms with Crippen LogP contribution in [0.5, 0.6) is 0 Å². The van der Waals surface area contributed by atoms with Crippen LogP contribution in [-0.4, -0.2) is 42.1 Å². The van der Waals surface area contributed by atoms with Crippen molar-refractivity contribution in [2.75, 3.05) is 31.1 Å². The summed E-state index contributed by atoms with van der Waals surface area (Å²) in [6, 6.07) is 23.8. The van der Waals surface area contributed by atoms with Gasteiger partial charge in [0.05, 0.1) is 11.1 Å². The molecule has 1 saturated heterocycles. The zero-order valence-electron chi connectivity index (χ0n) is 18.2. The molecular formula is C27H26ClN3O2. The SMILES string of the molecule is O=C1N(c2cccc(C(O)N3CCNCC3)c2)c2ccccc2C12CC2c1ccc(Cl)cc1. The molecule has 3 aromatic rings. The Morgan fingerprint density at radius 2 is 1.76 bits per heavy atom. The third-order valence-corrected chi connectivity index (χ3v) is 7.62. The predicted molar refractivity (Wildman–Crippen MR) is 130 cm³/mol. The molecule has 6 rings (SSSR count). The number of aliphatic hydroxyl groups excluding tert-OH is 1. The van der Waals surface area contributed by atoms with Gasteiger partial charge in [-0.25, -0.2) is 0 Å². The molecule has 5 nitrogen and oxygen atoms in total. The van der Waals surface area contributed by atoms with E-state index in [0.717, 1.165) is 60.7 Å². The number of para-hydroxylation sites is 1. The maximum atomic E-state index is 14.0. The molecule has 3 aromatic carbocycles. The fraction of sp³-hybridized carbons (Fsp3) is 0.296. The van der Waals surface area contributed by atoms with Crippen LogP contribution >= 0.6 is 11.6 Å². The van der Waals surface area contributed by atoms with Crippen molar-refractivity contribution < 1.29 is 9.90 Å². The minimum atomic E-state index is -0.684. The van der Waals surface area contributed by atoms with Crippen LogP contribution in [0, 0.1) is 0 Å². The second-order valence-corrected chi connectivity index (χ2v) is 9.63.